The van der Waals surface area contributed by atoms with Crippen LogP contribution in [0.1, 0.15) is 67.1 Å². The third-order valence-electron chi connectivity index (χ3n) is 9.46. The smallest absolute Gasteiger partial charge is 0.413 e. The van der Waals surface area contributed by atoms with Crippen molar-refractivity contribution in [1.82, 2.24) is 9.88 Å². The van der Waals surface area contributed by atoms with Gasteiger partial charge in [0, 0.05) is 34.7 Å². The number of thiazole rings is 1. The highest BCUT2D eigenvalue weighted by atomic mass is 35.5. The second kappa shape index (κ2) is 11.1. The second-order valence-corrected chi connectivity index (χ2v) is 19.9. The summed E-state index contributed by atoms with van der Waals surface area (Å²) in [5.74, 6) is -0.557. The topological polar surface area (TPSA) is 60.9 Å². The number of fused-ring (bicyclic) bond motifs is 1. The van der Waals surface area contributed by atoms with Crippen molar-refractivity contribution in [2.75, 3.05) is 13.1 Å². The van der Waals surface area contributed by atoms with Crippen molar-refractivity contribution in [2.45, 2.75) is 88.4 Å². The van der Waals surface area contributed by atoms with Gasteiger partial charge in [-0.15, -0.1) is 20.1 Å². The lowest BCUT2D eigenvalue weighted by atomic mass is 9.89. The zero-order valence-corrected chi connectivity index (χ0v) is 28.0. The first kappa shape index (κ1) is 31.5. The van der Waals surface area contributed by atoms with Crippen LogP contribution in [0.25, 0.3) is 0 Å². The lowest BCUT2D eigenvalue weighted by Crippen LogP contribution is -2.44. The Hall–Kier alpha value is -2.44. The van der Waals surface area contributed by atoms with Crippen LogP contribution in [-0.4, -0.2) is 49.5 Å². The minimum absolute atomic E-state index is 0.0396. The minimum atomic E-state index is -3.72. The standard InChI is InChI=1S/C32H36ClF3N2O4SSi/c1-30(2,3)44(4,5)42-21-10-13-38(18-21)29(22-8-7-20(33)15-23(22)34)26-17-37-28(43-26)16-27(39)31(11-12-31)19-6-9-24-25(14-19)41-32(35,36)40-24/h6-9,14-15,17,21,29H,10-13,16,18H2,1-5H3/t21-,29+/m1/s1. The number of ether oxygens (including phenoxy) is 2. The average Bonchev–Trinajstić information content (AvgIpc) is 3.22. The SMILES string of the molecule is CC(C)(C)[Si](C)(C)O[C@@H]1CCN([C@H](c2cnc(CC(=O)C3(c4ccc5c(c4)OC(F)(F)O5)CC3)s2)c2ccc(Cl)cc2F)C1. The Morgan fingerprint density at radius 2 is 1.91 bits per heavy atom. The fraction of sp³-hybridized carbons (Fsp3) is 0.500. The lowest BCUT2D eigenvalue weighted by molar-refractivity contribution is -0.286. The van der Waals surface area contributed by atoms with E-state index in [0.717, 1.165) is 17.8 Å². The van der Waals surface area contributed by atoms with Gasteiger partial charge in [0.15, 0.2) is 19.8 Å². The molecule has 6 nitrogen and oxygen atoms in total. The van der Waals surface area contributed by atoms with Crippen LogP contribution in [0.3, 0.4) is 0 Å². The molecule has 0 unspecified atom stereocenters. The van der Waals surface area contributed by atoms with Crippen LogP contribution >= 0.6 is 22.9 Å². The van der Waals surface area contributed by atoms with Gasteiger partial charge in [-0.2, -0.15) is 0 Å². The number of alkyl halides is 2. The zero-order chi connectivity index (χ0) is 31.7. The van der Waals surface area contributed by atoms with Crippen LogP contribution in [0, 0.1) is 5.82 Å². The number of benzene rings is 2. The maximum absolute atomic E-state index is 15.4. The fourth-order valence-corrected chi connectivity index (χ4v) is 8.48. The molecule has 0 spiro atoms. The molecule has 1 aromatic heterocycles. The monoisotopic (exact) mass is 664 g/mol. The van der Waals surface area contributed by atoms with Crippen molar-refractivity contribution in [3.8, 4) is 11.5 Å². The summed E-state index contributed by atoms with van der Waals surface area (Å²) in [6, 6.07) is 8.87. The molecule has 236 valence electrons. The molecule has 3 aliphatic rings. The number of ketones is 1. The molecular weight excluding hydrogens is 629 g/mol. The van der Waals surface area contributed by atoms with E-state index < -0.39 is 31.9 Å². The highest BCUT2D eigenvalue weighted by molar-refractivity contribution is 7.11. The predicted octanol–water partition coefficient (Wildman–Crippen LogP) is 8.29. The third-order valence-corrected chi connectivity index (χ3v) is 15.3. The van der Waals surface area contributed by atoms with E-state index in [4.69, 9.17) is 16.0 Å². The Bertz CT molecular complexity index is 1590. The minimum Gasteiger partial charge on any atom is -0.413 e. The molecule has 0 amide bonds. The van der Waals surface area contributed by atoms with Crippen LogP contribution in [0.4, 0.5) is 13.2 Å². The number of hydrogen-bond donors (Lipinski definition) is 0. The van der Waals surface area contributed by atoms with E-state index in [0.29, 0.717) is 40.5 Å². The van der Waals surface area contributed by atoms with Crippen molar-refractivity contribution in [1.29, 1.82) is 0 Å². The van der Waals surface area contributed by atoms with Gasteiger partial charge < -0.3 is 13.9 Å². The van der Waals surface area contributed by atoms with Crippen molar-refractivity contribution in [3.05, 3.63) is 74.4 Å². The van der Waals surface area contributed by atoms with E-state index >= 15 is 4.39 Å². The zero-order valence-electron chi connectivity index (χ0n) is 25.4. The first-order valence-electron chi connectivity index (χ1n) is 14.8. The van der Waals surface area contributed by atoms with Gasteiger partial charge in [-0.05, 0) is 67.2 Å². The summed E-state index contributed by atoms with van der Waals surface area (Å²) < 4.78 is 58.4. The number of Topliss-reactive ketones (excluding diaryl/α,β-unsaturated/α-hetero) is 1. The normalized spacial score (nSPS) is 21.4. The maximum Gasteiger partial charge on any atom is 0.586 e. The number of likely N-dealkylation sites (tertiary alicyclic amines) is 1. The molecule has 12 heteroatoms. The van der Waals surface area contributed by atoms with Gasteiger partial charge in [-0.3, -0.25) is 9.69 Å². The van der Waals surface area contributed by atoms with E-state index in [2.05, 4.69) is 53.2 Å². The van der Waals surface area contributed by atoms with E-state index in [9.17, 15) is 13.6 Å². The first-order valence-corrected chi connectivity index (χ1v) is 18.9. The Morgan fingerprint density at radius 3 is 2.59 bits per heavy atom. The molecule has 44 heavy (non-hydrogen) atoms. The largest absolute Gasteiger partial charge is 0.586 e. The van der Waals surface area contributed by atoms with E-state index in [1.807, 2.05) is 0 Å². The summed E-state index contributed by atoms with van der Waals surface area (Å²) in [5.41, 5.74) is 0.359. The van der Waals surface area contributed by atoms with E-state index in [1.54, 1.807) is 24.4 Å². The van der Waals surface area contributed by atoms with Crippen molar-refractivity contribution < 1.29 is 31.9 Å². The Balaban J connectivity index is 1.22. The van der Waals surface area contributed by atoms with Crippen molar-refractivity contribution >= 4 is 37.0 Å². The highest BCUT2D eigenvalue weighted by Gasteiger charge is 2.52. The Morgan fingerprint density at radius 1 is 1.18 bits per heavy atom. The molecule has 3 heterocycles. The lowest BCUT2D eigenvalue weighted by Gasteiger charge is -2.38. The molecule has 2 fully saturated rings. The molecule has 3 aromatic rings. The molecule has 2 aromatic carbocycles. The summed E-state index contributed by atoms with van der Waals surface area (Å²) in [6.45, 7) is 12.5. The maximum atomic E-state index is 15.4. The average molecular weight is 665 g/mol. The summed E-state index contributed by atoms with van der Waals surface area (Å²) >= 11 is 7.50. The third kappa shape index (κ3) is 6.05. The van der Waals surface area contributed by atoms with Gasteiger partial charge >= 0.3 is 6.29 Å². The van der Waals surface area contributed by atoms with E-state index in [-0.39, 0.29) is 34.8 Å². The van der Waals surface area contributed by atoms with E-state index in [1.165, 1.54) is 29.5 Å². The number of nitrogens with zero attached hydrogens (tertiary/aromatic N) is 2. The highest BCUT2D eigenvalue weighted by Crippen LogP contribution is 2.53. The Labute approximate surface area is 265 Å². The second-order valence-electron chi connectivity index (χ2n) is 13.5. The summed E-state index contributed by atoms with van der Waals surface area (Å²) in [5, 5.41) is 1.02. The number of rotatable bonds is 9. The van der Waals surface area contributed by atoms with Crippen molar-refractivity contribution in [3.63, 3.8) is 0 Å². The number of carbonyl (C=O) groups excluding carboxylic acids is 1. The molecule has 0 radical (unpaired) electrons. The molecule has 1 saturated carbocycles. The number of hydrogen-bond acceptors (Lipinski definition) is 7. The van der Waals surface area contributed by atoms with Gasteiger partial charge in [-0.1, -0.05) is 44.5 Å². The van der Waals surface area contributed by atoms with Gasteiger partial charge in [0.2, 0.25) is 0 Å². The number of aromatic nitrogens is 1. The summed E-state index contributed by atoms with van der Waals surface area (Å²) in [4.78, 5) is 21.3. The summed E-state index contributed by atoms with van der Waals surface area (Å²) in [6.07, 6.45) is 0.208. The molecule has 2 atom stereocenters. The van der Waals surface area contributed by atoms with Crippen LogP contribution in [0.5, 0.6) is 11.5 Å². The van der Waals surface area contributed by atoms with Gasteiger partial charge in [0.05, 0.1) is 24.0 Å². The van der Waals surface area contributed by atoms with Crippen LogP contribution in [0.2, 0.25) is 23.2 Å². The molecular formula is C32H36ClF3N2O4SSi. The van der Waals surface area contributed by atoms with Crippen molar-refractivity contribution in [2.24, 2.45) is 0 Å². The van der Waals surface area contributed by atoms with Crippen LogP contribution in [0.15, 0.2) is 42.6 Å². The molecule has 1 aliphatic carbocycles. The van der Waals surface area contributed by atoms with Crippen LogP contribution < -0.4 is 9.47 Å². The molecule has 0 N–H and O–H groups in total. The quantitative estimate of drug-likeness (QED) is 0.215. The first-order chi connectivity index (χ1) is 20.6. The molecule has 2 aliphatic heterocycles. The predicted molar refractivity (Wildman–Crippen MR) is 166 cm³/mol. The van der Waals surface area contributed by atoms with Crippen LogP contribution in [-0.2, 0) is 21.1 Å². The molecule has 0 bridgehead atoms. The molecule has 1 saturated heterocycles. The van der Waals surface area contributed by atoms with Gasteiger partial charge in [0.25, 0.3) is 0 Å². The Kier molecular flexibility index (Phi) is 7.97. The molecule has 6 rings (SSSR count). The number of halogens is 4. The summed E-state index contributed by atoms with van der Waals surface area (Å²) in [7, 11) is -2.00. The van der Waals surface area contributed by atoms with Gasteiger partial charge in [-0.25, -0.2) is 9.37 Å². The fourth-order valence-electron chi connectivity index (χ4n) is 5.87. The number of carbonyl (C=O) groups is 1. The van der Waals surface area contributed by atoms with Gasteiger partial charge in [0.1, 0.15) is 16.6 Å².